The maximum atomic E-state index is 12.5. The number of ether oxygens (including phenoxy) is 3. The highest BCUT2D eigenvalue weighted by Gasteiger charge is 2.40. The van der Waals surface area contributed by atoms with Gasteiger partial charge in [0.1, 0.15) is 11.5 Å². The van der Waals surface area contributed by atoms with Gasteiger partial charge in [-0.3, -0.25) is 9.97 Å². The average molecular weight is 793 g/mol. The Kier molecular flexibility index (Phi) is 15.9. The minimum Gasteiger partial charge on any atom is -0.541 e. The van der Waals surface area contributed by atoms with E-state index in [1.54, 1.807) is 48.7 Å². The summed E-state index contributed by atoms with van der Waals surface area (Å²) >= 11 is 0. The minimum absolute atomic E-state index is 0.0345. The van der Waals surface area contributed by atoms with E-state index >= 15 is 0 Å². The molecule has 296 valence electrons. The Balaban J connectivity index is 0.000000322. The maximum absolute atomic E-state index is 12.5. The lowest BCUT2D eigenvalue weighted by Gasteiger charge is -2.36. The Morgan fingerprint density at radius 1 is 0.582 bits per heavy atom. The molecule has 0 aliphatic heterocycles. The first kappa shape index (κ1) is 45.6. The van der Waals surface area contributed by atoms with Crippen LogP contribution in [0.4, 0.5) is 0 Å². The molecule has 4 rings (SSSR count). The van der Waals surface area contributed by atoms with Gasteiger partial charge in [-0.15, -0.1) is 0 Å². The Bertz CT molecular complexity index is 1920. The fourth-order valence-corrected chi connectivity index (χ4v) is 5.81. The summed E-state index contributed by atoms with van der Waals surface area (Å²) in [4.78, 5) is 53.4. The number of hydrogen-bond acceptors (Lipinski definition) is 12. The molecule has 0 saturated carbocycles. The molecule has 0 saturated heterocycles. The Labute approximate surface area is 324 Å². The lowest BCUT2D eigenvalue weighted by molar-refractivity contribution is 0.0591. The highest BCUT2D eigenvalue weighted by Crippen LogP contribution is 2.41. The lowest BCUT2D eigenvalue weighted by atomic mass is 10.2. The maximum Gasteiger partial charge on any atom is 0.345 e. The molecule has 2 N–H and O–H groups in total. The zero-order valence-electron chi connectivity index (χ0n) is 33.5. The van der Waals surface area contributed by atoms with Crippen LogP contribution >= 0.6 is 0 Å². The van der Waals surface area contributed by atoms with Crippen molar-refractivity contribution in [1.29, 1.82) is 0 Å². The molecular weight excluding hydrogens is 741 g/mol. The number of aromatic hydroxyl groups is 1. The van der Waals surface area contributed by atoms with Gasteiger partial charge in [-0.25, -0.2) is 19.2 Å². The topological polar surface area (TPSA) is 181 Å². The van der Waals surface area contributed by atoms with E-state index in [1.165, 1.54) is 51.0 Å². The number of aromatic nitrogens is 2. The third kappa shape index (κ3) is 13.4. The van der Waals surface area contributed by atoms with Gasteiger partial charge >= 0.3 is 23.9 Å². The van der Waals surface area contributed by atoms with Crippen molar-refractivity contribution < 1.29 is 52.5 Å². The van der Waals surface area contributed by atoms with E-state index in [1.807, 2.05) is 0 Å². The van der Waals surface area contributed by atoms with Crippen LogP contribution in [0.25, 0.3) is 0 Å². The number of rotatable bonds is 9. The minimum atomic E-state index is -2.18. The first-order chi connectivity index (χ1) is 25.4. The second kappa shape index (κ2) is 19.2. The van der Waals surface area contributed by atoms with Gasteiger partial charge < -0.3 is 33.3 Å². The van der Waals surface area contributed by atoms with Crippen LogP contribution in [0.1, 0.15) is 83.0 Å². The van der Waals surface area contributed by atoms with Crippen LogP contribution in [0.5, 0.6) is 23.0 Å². The normalized spacial score (nSPS) is 11.3. The average Bonchev–Trinajstić information content (AvgIpc) is 3.12. The summed E-state index contributed by atoms with van der Waals surface area (Å²) in [5, 5.41) is 18.3. The van der Waals surface area contributed by atoms with Crippen LogP contribution in [0.3, 0.4) is 0 Å². The number of carbonyl (C=O) groups excluding carboxylic acids is 3. The van der Waals surface area contributed by atoms with Crippen molar-refractivity contribution in [2.45, 2.75) is 77.8 Å². The van der Waals surface area contributed by atoms with Crippen molar-refractivity contribution in [3.8, 4) is 23.0 Å². The van der Waals surface area contributed by atoms with E-state index in [0.29, 0.717) is 22.6 Å². The van der Waals surface area contributed by atoms with E-state index < -0.39 is 40.5 Å². The molecule has 0 atom stereocenters. The zero-order chi connectivity index (χ0) is 41.8. The summed E-state index contributed by atoms with van der Waals surface area (Å²) in [5.74, 6) is -1.54. The molecule has 0 amide bonds. The van der Waals surface area contributed by atoms with Crippen LogP contribution in [-0.2, 0) is 9.47 Å². The van der Waals surface area contributed by atoms with Crippen LogP contribution in [0, 0.1) is 0 Å². The second-order valence-corrected chi connectivity index (χ2v) is 24.7. The summed E-state index contributed by atoms with van der Waals surface area (Å²) in [5.41, 5.74) is 1.10. The van der Waals surface area contributed by atoms with E-state index in [0.717, 1.165) is 0 Å². The van der Waals surface area contributed by atoms with Crippen LogP contribution in [0.15, 0.2) is 85.5 Å². The quantitative estimate of drug-likeness (QED) is 0.0933. The van der Waals surface area contributed by atoms with Gasteiger partial charge in [0.15, 0.2) is 11.5 Å². The standard InChI is InChI=1S/C20H25NO5Si.C14H22O4Si.C6H5NO2/c1-20(2,3)27(5,6)26-16-10-9-14(18(22)24-4)12-17(16)25-19(23)15-8-7-11-21-13-15;1-14(2,3)19(5,6)18-12-8-7-10(9-11(12)15)13(16)17-4;8-6(9)5-2-1-3-7-4-5/h7-13H,1-6H3;7-9,15H,1-6H3;1-4H,(H,8,9). The number of carboxylic acids is 1. The number of carboxylic acid groups (broad SMARTS) is 1. The summed E-state index contributed by atoms with van der Waals surface area (Å²) in [6, 6.07) is 15.6. The monoisotopic (exact) mass is 792 g/mol. The number of pyridine rings is 2. The molecule has 55 heavy (non-hydrogen) atoms. The molecule has 0 aliphatic carbocycles. The number of carbonyl (C=O) groups is 4. The molecule has 4 aromatic rings. The third-order valence-electron chi connectivity index (χ3n) is 9.10. The Hall–Kier alpha value is -5.55. The van der Waals surface area contributed by atoms with Gasteiger partial charge in [0.25, 0.3) is 16.6 Å². The van der Waals surface area contributed by atoms with Gasteiger partial charge in [0.05, 0.1) is 36.5 Å². The van der Waals surface area contributed by atoms with Crippen molar-refractivity contribution in [3.05, 3.63) is 108 Å². The van der Waals surface area contributed by atoms with Crippen molar-refractivity contribution in [3.63, 3.8) is 0 Å². The molecule has 0 spiro atoms. The fraction of sp³-hybridized carbons (Fsp3) is 0.350. The third-order valence-corrected chi connectivity index (χ3v) is 17.8. The predicted molar refractivity (Wildman–Crippen MR) is 213 cm³/mol. The molecule has 0 fully saturated rings. The summed E-state index contributed by atoms with van der Waals surface area (Å²) in [6.45, 7) is 21.1. The molecule has 0 unspecified atom stereocenters. The molecule has 15 heteroatoms. The summed E-state index contributed by atoms with van der Waals surface area (Å²) < 4.78 is 27.2. The molecule has 0 radical (unpaired) electrons. The number of phenolic OH excluding ortho intramolecular Hbond substituents is 1. The van der Waals surface area contributed by atoms with Crippen molar-refractivity contribution in [1.82, 2.24) is 9.97 Å². The van der Waals surface area contributed by atoms with E-state index in [2.05, 4.69) is 82.4 Å². The summed E-state index contributed by atoms with van der Waals surface area (Å²) in [7, 11) is -1.59. The first-order valence-electron chi connectivity index (χ1n) is 17.2. The number of esters is 3. The van der Waals surface area contributed by atoms with Crippen LogP contribution in [-0.4, -0.2) is 74.9 Å². The van der Waals surface area contributed by atoms with Gasteiger partial charge in [-0.05, 0) is 96.9 Å². The fourth-order valence-electron chi connectivity index (χ4n) is 3.75. The second-order valence-electron chi connectivity index (χ2n) is 15.2. The zero-order valence-corrected chi connectivity index (χ0v) is 35.5. The van der Waals surface area contributed by atoms with Crippen LogP contribution in [0.2, 0.25) is 36.3 Å². The van der Waals surface area contributed by atoms with E-state index in [4.69, 9.17) is 23.4 Å². The molecule has 0 bridgehead atoms. The Morgan fingerprint density at radius 3 is 1.40 bits per heavy atom. The number of methoxy groups -OCH3 is 2. The first-order valence-corrected chi connectivity index (χ1v) is 23.0. The smallest absolute Gasteiger partial charge is 0.345 e. The Morgan fingerprint density at radius 2 is 1.02 bits per heavy atom. The molecule has 2 heterocycles. The highest BCUT2D eigenvalue weighted by molar-refractivity contribution is 6.75. The summed E-state index contributed by atoms with van der Waals surface area (Å²) in [6.07, 6.45) is 5.83. The molecule has 0 aliphatic rings. The van der Waals surface area contributed by atoms with Gasteiger partial charge in [-0.1, -0.05) is 41.5 Å². The molecular formula is C40H52N2O11Si2. The van der Waals surface area contributed by atoms with Crippen molar-refractivity contribution >= 4 is 40.5 Å². The van der Waals surface area contributed by atoms with E-state index in [9.17, 15) is 24.3 Å². The predicted octanol–water partition coefficient (Wildman–Crippen LogP) is 8.81. The van der Waals surface area contributed by atoms with Gasteiger partial charge in [-0.2, -0.15) is 0 Å². The SMILES string of the molecule is COC(=O)c1ccc(O[Si](C)(C)C(C)(C)C)c(O)c1.COC(=O)c1ccc(O[Si](C)(C)C(C)(C)C)c(OC(=O)c2cccnc2)c1.O=C(O)c1cccnc1. The number of hydrogen-bond donors (Lipinski definition) is 2. The lowest BCUT2D eigenvalue weighted by Crippen LogP contribution is -2.44. The number of aromatic carboxylic acids is 1. The highest BCUT2D eigenvalue weighted by atomic mass is 28.4. The number of phenols is 1. The number of nitrogens with zero attached hydrogens (tertiary/aromatic N) is 2. The molecule has 13 nitrogen and oxygen atoms in total. The van der Waals surface area contributed by atoms with Crippen molar-refractivity contribution in [2.75, 3.05) is 14.2 Å². The van der Waals surface area contributed by atoms with E-state index in [-0.39, 0.29) is 32.7 Å². The van der Waals surface area contributed by atoms with Gasteiger partial charge in [0.2, 0.25) is 0 Å². The largest absolute Gasteiger partial charge is 0.541 e. The van der Waals surface area contributed by atoms with Crippen LogP contribution < -0.4 is 13.6 Å². The number of benzene rings is 2. The van der Waals surface area contributed by atoms with Gasteiger partial charge in [0, 0.05) is 24.8 Å². The van der Waals surface area contributed by atoms with Crippen molar-refractivity contribution in [2.24, 2.45) is 0 Å². The molecule has 2 aromatic carbocycles. The molecule has 2 aromatic heterocycles.